The van der Waals surface area contributed by atoms with Gasteiger partial charge < -0.3 is 18.9 Å². The van der Waals surface area contributed by atoms with E-state index in [0.717, 1.165) is 11.1 Å². The van der Waals surface area contributed by atoms with E-state index in [4.69, 9.17) is 30.5 Å². The molecule has 1 heterocycles. The Kier molecular flexibility index (Phi) is 7.71. The highest BCUT2D eigenvalue weighted by Gasteiger charge is 2.33. The summed E-state index contributed by atoms with van der Waals surface area (Å²) >= 11 is 9.41. The minimum Gasteiger partial charge on any atom is -0.493 e. The summed E-state index contributed by atoms with van der Waals surface area (Å²) in [6.07, 6.45) is 1.59. The number of nitrogens with one attached hydrogen (secondary N) is 1. The van der Waals surface area contributed by atoms with Gasteiger partial charge in [-0.1, -0.05) is 23.7 Å². The third-order valence-corrected chi connectivity index (χ3v) is 5.17. The summed E-state index contributed by atoms with van der Waals surface area (Å²) in [7, 11) is 1.56. The fraction of sp³-hybridized carbons (Fsp3) is 0.333. The van der Waals surface area contributed by atoms with Gasteiger partial charge in [-0.05, 0) is 58.2 Å². The van der Waals surface area contributed by atoms with E-state index in [9.17, 15) is 4.79 Å². The maximum Gasteiger partial charge on any atom is 0.245 e. The van der Waals surface area contributed by atoms with Gasteiger partial charge in [-0.25, -0.2) is 5.43 Å². The SMILES string of the molecule is COc1cc(/C=N\NC(=O)CC2(C)OCCO2)cc(Br)c1OCc1ccc(Cl)cc1. The second-order valence-electron chi connectivity index (χ2n) is 6.75. The van der Waals surface area contributed by atoms with Gasteiger partial charge in [0.2, 0.25) is 5.91 Å². The first-order valence-corrected chi connectivity index (χ1v) is 10.4. The lowest BCUT2D eigenvalue weighted by Gasteiger charge is -2.20. The standard InChI is InChI=1S/C21H22BrClN2O5/c1-21(29-7-8-30-21)11-19(26)25-24-12-15-9-17(22)20(18(10-15)27-2)28-13-14-3-5-16(23)6-4-14/h3-6,9-10,12H,7-8,11,13H2,1-2H3,(H,25,26)/b24-12-. The smallest absolute Gasteiger partial charge is 0.245 e. The Bertz CT molecular complexity index is 914. The van der Waals surface area contributed by atoms with Crippen molar-refractivity contribution in [2.24, 2.45) is 5.10 Å². The molecule has 9 heteroatoms. The zero-order valence-electron chi connectivity index (χ0n) is 16.6. The van der Waals surface area contributed by atoms with Crippen LogP contribution in [-0.2, 0) is 20.9 Å². The van der Waals surface area contributed by atoms with E-state index in [1.165, 1.54) is 6.21 Å². The summed E-state index contributed by atoms with van der Waals surface area (Å²) in [6, 6.07) is 11.0. The Morgan fingerprint density at radius 2 is 2.00 bits per heavy atom. The minimum atomic E-state index is -0.894. The van der Waals surface area contributed by atoms with Gasteiger partial charge in [-0.3, -0.25) is 4.79 Å². The number of nitrogens with zero attached hydrogens (tertiary/aromatic N) is 1. The normalized spacial score (nSPS) is 15.3. The van der Waals surface area contributed by atoms with Crippen LogP contribution in [0, 0.1) is 0 Å². The molecule has 3 rings (SSSR count). The van der Waals surface area contributed by atoms with E-state index in [1.807, 2.05) is 30.3 Å². The lowest BCUT2D eigenvalue weighted by atomic mass is 10.2. The minimum absolute atomic E-state index is 0.0643. The number of rotatable bonds is 8. The number of amides is 1. The first-order chi connectivity index (χ1) is 14.4. The van der Waals surface area contributed by atoms with Crippen molar-refractivity contribution in [1.82, 2.24) is 5.43 Å². The second kappa shape index (κ2) is 10.3. The Morgan fingerprint density at radius 3 is 2.67 bits per heavy atom. The number of hydrogen-bond donors (Lipinski definition) is 1. The third-order valence-electron chi connectivity index (χ3n) is 4.33. The number of hydrogen-bond acceptors (Lipinski definition) is 6. The molecule has 0 bridgehead atoms. The van der Waals surface area contributed by atoms with Gasteiger partial charge in [0.1, 0.15) is 6.61 Å². The van der Waals surface area contributed by atoms with Crippen molar-refractivity contribution in [1.29, 1.82) is 0 Å². The van der Waals surface area contributed by atoms with Crippen LogP contribution in [0.25, 0.3) is 0 Å². The number of ether oxygens (including phenoxy) is 4. The van der Waals surface area contributed by atoms with E-state index < -0.39 is 5.79 Å². The van der Waals surface area contributed by atoms with Crippen molar-refractivity contribution < 1.29 is 23.7 Å². The van der Waals surface area contributed by atoms with Gasteiger partial charge in [0, 0.05) is 5.02 Å². The molecule has 0 aliphatic carbocycles. The number of benzene rings is 2. The fourth-order valence-corrected chi connectivity index (χ4v) is 3.56. The van der Waals surface area contributed by atoms with Crippen LogP contribution in [0.3, 0.4) is 0 Å². The Balaban J connectivity index is 1.61. The maximum absolute atomic E-state index is 12.0. The van der Waals surface area contributed by atoms with Gasteiger partial charge in [-0.15, -0.1) is 0 Å². The third kappa shape index (κ3) is 6.18. The monoisotopic (exact) mass is 496 g/mol. The molecule has 0 spiro atoms. The van der Waals surface area contributed by atoms with E-state index in [2.05, 4.69) is 26.5 Å². The van der Waals surface area contributed by atoms with Crippen molar-refractivity contribution in [3.8, 4) is 11.5 Å². The Hall–Kier alpha value is -2.13. The largest absolute Gasteiger partial charge is 0.493 e. The van der Waals surface area contributed by atoms with Crippen LogP contribution in [0.4, 0.5) is 0 Å². The highest BCUT2D eigenvalue weighted by atomic mass is 79.9. The number of carbonyl (C=O) groups excluding carboxylic acids is 1. The first kappa shape index (κ1) is 22.6. The van der Waals surface area contributed by atoms with Crippen LogP contribution in [0.2, 0.25) is 5.02 Å². The topological polar surface area (TPSA) is 78.4 Å². The van der Waals surface area contributed by atoms with E-state index in [0.29, 0.717) is 40.8 Å². The van der Waals surface area contributed by atoms with Crippen molar-refractivity contribution >= 4 is 39.7 Å². The summed E-state index contributed by atoms with van der Waals surface area (Å²) in [5, 5.41) is 4.67. The molecule has 2 aromatic carbocycles. The van der Waals surface area contributed by atoms with Crippen molar-refractivity contribution in [2.75, 3.05) is 20.3 Å². The molecule has 7 nitrogen and oxygen atoms in total. The van der Waals surface area contributed by atoms with Gasteiger partial charge in [0.05, 0.1) is 37.4 Å². The van der Waals surface area contributed by atoms with E-state index in [-0.39, 0.29) is 12.3 Å². The number of halogens is 2. The molecule has 1 N–H and O–H groups in total. The predicted octanol–water partition coefficient (Wildman–Crippen LogP) is 4.29. The molecule has 1 amide bonds. The first-order valence-electron chi connectivity index (χ1n) is 9.23. The molecule has 160 valence electrons. The Morgan fingerprint density at radius 1 is 1.30 bits per heavy atom. The molecular formula is C21H22BrClN2O5. The molecule has 2 aromatic rings. The number of hydrazone groups is 1. The lowest BCUT2D eigenvalue weighted by Crippen LogP contribution is -2.33. The summed E-state index contributed by atoms with van der Waals surface area (Å²) in [6.45, 7) is 3.05. The van der Waals surface area contributed by atoms with Crippen molar-refractivity contribution in [3.05, 3.63) is 57.0 Å². The average molecular weight is 498 g/mol. The van der Waals surface area contributed by atoms with Crippen LogP contribution < -0.4 is 14.9 Å². The highest BCUT2D eigenvalue weighted by Crippen LogP contribution is 2.37. The molecule has 30 heavy (non-hydrogen) atoms. The van der Waals surface area contributed by atoms with Gasteiger partial charge in [-0.2, -0.15) is 5.10 Å². The summed E-state index contributed by atoms with van der Waals surface area (Å²) in [4.78, 5) is 12.0. The fourth-order valence-electron chi connectivity index (χ4n) is 2.86. The molecular weight excluding hydrogens is 476 g/mol. The molecule has 0 aromatic heterocycles. The number of carbonyl (C=O) groups is 1. The van der Waals surface area contributed by atoms with Crippen LogP contribution in [0.15, 0.2) is 46.0 Å². The zero-order chi connectivity index (χ0) is 21.6. The molecule has 1 fully saturated rings. The molecule has 1 saturated heterocycles. The van der Waals surface area contributed by atoms with Crippen molar-refractivity contribution in [2.45, 2.75) is 25.7 Å². The number of methoxy groups -OCH3 is 1. The average Bonchev–Trinajstić information content (AvgIpc) is 3.13. The van der Waals surface area contributed by atoms with Crippen LogP contribution in [-0.4, -0.2) is 38.2 Å². The molecule has 0 saturated carbocycles. The van der Waals surface area contributed by atoms with Gasteiger partial charge in [0.15, 0.2) is 17.3 Å². The summed E-state index contributed by atoms with van der Waals surface area (Å²) in [5.41, 5.74) is 4.18. The molecule has 1 aliphatic rings. The van der Waals surface area contributed by atoms with Crippen molar-refractivity contribution in [3.63, 3.8) is 0 Å². The van der Waals surface area contributed by atoms with Gasteiger partial charge >= 0.3 is 0 Å². The molecule has 0 radical (unpaired) electrons. The van der Waals surface area contributed by atoms with Crippen LogP contribution >= 0.6 is 27.5 Å². The van der Waals surface area contributed by atoms with Gasteiger partial charge in [0.25, 0.3) is 0 Å². The lowest BCUT2D eigenvalue weighted by molar-refractivity contribution is -0.159. The second-order valence-corrected chi connectivity index (χ2v) is 8.04. The Labute approximate surface area is 188 Å². The molecule has 1 aliphatic heterocycles. The van der Waals surface area contributed by atoms with E-state index in [1.54, 1.807) is 20.1 Å². The maximum atomic E-state index is 12.0. The zero-order valence-corrected chi connectivity index (χ0v) is 19.0. The predicted molar refractivity (Wildman–Crippen MR) is 117 cm³/mol. The summed E-state index contributed by atoms with van der Waals surface area (Å²) < 4.78 is 22.9. The summed E-state index contributed by atoms with van der Waals surface area (Å²) in [5.74, 6) is -0.0948. The quantitative estimate of drug-likeness (QED) is 0.435. The van der Waals surface area contributed by atoms with Crippen LogP contribution in [0.1, 0.15) is 24.5 Å². The molecule has 0 unspecified atom stereocenters. The molecule has 0 atom stereocenters. The van der Waals surface area contributed by atoms with Crippen LogP contribution in [0.5, 0.6) is 11.5 Å². The van der Waals surface area contributed by atoms with E-state index >= 15 is 0 Å². The highest BCUT2D eigenvalue weighted by molar-refractivity contribution is 9.10.